The van der Waals surface area contributed by atoms with Crippen LogP contribution in [0.2, 0.25) is 0 Å². The first-order valence-electron chi connectivity index (χ1n) is 8.95. The molecule has 1 fully saturated rings. The van der Waals surface area contributed by atoms with Gasteiger partial charge in [0.1, 0.15) is 0 Å². The molecule has 25 heavy (non-hydrogen) atoms. The number of rotatable bonds is 5. The normalized spacial score (nSPS) is 20.1. The first-order chi connectivity index (χ1) is 12.1. The number of hydrogen-bond acceptors (Lipinski definition) is 3. The Morgan fingerprint density at radius 2 is 1.88 bits per heavy atom. The predicted molar refractivity (Wildman–Crippen MR) is 102 cm³/mol. The molecule has 4 heteroatoms. The summed E-state index contributed by atoms with van der Waals surface area (Å²) in [6, 6.07) is 15.3. The van der Waals surface area contributed by atoms with Crippen molar-refractivity contribution in [2.24, 2.45) is 5.92 Å². The Balaban J connectivity index is 1.64. The summed E-state index contributed by atoms with van der Waals surface area (Å²) in [5, 5.41) is 6.56. The van der Waals surface area contributed by atoms with Gasteiger partial charge in [-0.25, -0.2) is 0 Å². The van der Waals surface area contributed by atoms with Crippen LogP contribution in [0.4, 0.5) is 11.4 Å². The van der Waals surface area contributed by atoms with Crippen LogP contribution < -0.4 is 10.6 Å². The first-order valence-corrected chi connectivity index (χ1v) is 8.95. The predicted octanol–water partition coefficient (Wildman–Crippen LogP) is 4.47. The van der Waals surface area contributed by atoms with Crippen molar-refractivity contribution in [3.63, 3.8) is 0 Å². The maximum absolute atomic E-state index is 12.4. The summed E-state index contributed by atoms with van der Waals surface area (Å²) in [4.78, 5) is 12.4. The van der Waals surface area contributed by atoms with E-state index in [2.05, 4.69) is 23.6 Å². The van der Waals surface area contributed by atoms with Gasteiger partial charge in [-0.3, -0.25) is 4.79 Å². The summed E-state index contributed by atoms with van der Waals surface area (Å²) >= 11 is 0. The summed E-state index contributed by atoms with van der Waals surface area (Å²) < 4.78 is 5.61. The van der Waals surface area contributed by atoms with Crippen LogP contribution in [0.5, 0.6) is 0 Å². The lowest BCUT2D eigenvalue weighted by atomic mass is 9.96. The van der Waals surface area contributed by atoms with E-state index in [0.717, 1.165) is 42.9 Å². The van der Waals surface area contributed by atoms with Crippen molar-refractivity contribution >= 4 is 17.3 Å². The highest BCUT2D eigenvalue weighted by molar-refractivity contribution is 6.04. The molecule has 1 amide bonds. The van der Waals surface area contributed by atoms with Gasteiger partial charge >= 0.3 is 0 Å². The van der Waals surface area contributed by atoms with Crippen LogP contribution in [0.25, 0.3) is 0 Å². The number of hydrogen-bond donors (Lipinski definition) is 2. The van der Waals surface area contributed by atoms with E-state index < -0.39 is 0 Å². The Kier molecular flexibility index (Phi) is 5.71. The zero-order valence-electron chi connectivity index (χ0n) is 14.9. The molecule has 2 aromatic carbocycles. The summed E-state index contributed by atoms with van der Waals surface area (Å²) in [7, 11) is 0. The first kappa shape index (κ1) is 17.5. The molecule has 1 saturated heterocycles. The van der Waals surface area contributed by atoms with E-state index in [1.165, 1.54) is 0 Å². The second kappa shape index (κ2) is 8.17. The SMILES string of the molecule is Cc1c(NCC2CCOC(C)C2)cccc1NC(=O)c1ccccc1. The molecule has 0 aromatic heterocycles. The zero-order valence-corrected chi connectivity index (χ0v) is 14.9. The molecule has 0 saturated carbocycles. The van der Waals surface area contributed by atoms with Crippen molar-refractivity contribution in [2.45, 2.75) is 32.8 Å². The summed E-state index contributed by atoms with van der Waals surface area (Å²) in [5.41, 5.74) is 3.65. The number of carbonyl (C=O) groups is 1. The highest BCUT2D eigenvalue weighted by Crippen LogP contribution is 2.26. The van der Waals surface area contributed by atoms with Gasteiger partial charge in [-0.2, -0.15) is 0 Å². The average molecular weight is 338 g/mol. The molecular formula is C21H26N2O2. The molecule has 3 rings (SSSR count). The molecule has 2 aromatic rings. The standard InChI is InChI=1S/C21H26N2O2/c1-15-13-17(11-12-25-15)14-22-19-9-6-10-20(16(19)2)23-21(24)18-7-4-3-5-8-18/h3-10,15,17,22H,11-14H2,1-2H3,(H,23,24). The maximum atomic E-state index is 12.4. The molecule has 0 radical (unpaired) electrons. The van der Waals surface area contributed by atoms with Crippen molar-refractivity contribution < 1.29 is 9.53 Å². The topological polar surface area (TPSA) is 50.4 Å². The van der Waals surface area contributed by atoms with Crippen molar-refractivity contribution in [3.8, 4) is 0 Å². The van der Waals surface area contributed by atoms with Gasteiger partial charge in [0.05, 0.1) is 6.10 Å². The van der Waals surface area contributed by atoms with E-state index in [4.69, 9.17) is 4.74 Å². The summed E-state index contributed by atoms with van der Waals surface area (Å²) in [6.45, 7) is 5.96. The minimum atomic E-state index is -0.0842. The number of carbonyl (C=O) groups excluding carboxylic acids is 1. The molecule has 1 heterocycles. The number of nitrogens with one attached hydrogen (secondary N) is 2. The van der Waals surface area contributed by atoms with E-state index in [1.54, 1.807) is 0 Å². The number of amides is 1. The number of ether oxygens (including phenoxy) is 1. The van der Waals surface area contributed by atoms with E-state index >= 15 is 0 Å². The monoisotopic (exact) mass is 338 g/mol. The van der Waals surface area contributed by atoms with Crippen LogP contribution >= 0.6 is 0 Å². The molecule has 2 atom stereocenters. The second-order valence-corrected chi connectivity index (χ2v) is 6.75. The molecule has 1 aliphatic rings. The quantitative estimate of drug-likeness (QED) is 0.845. The summed E-state index contributed by atoms with van der Waals surface area (Å²) in [5.74, 6) is 0.546. The van der Waals surface area contributed by atoms with Gasteiger partial charge in [0.25, 0.3) is 5.91 Å². The van der Waals surface area contributed by atoms with Crippen molar-refractivity contribution in [3.05, 3.63) is 59.7 Å². The van der Waals surface area contributed by atoms with E-state index in [9.17, 15) is 4.79 Å². The fourth-order valence-electron chi connectivity index (χ4n) is 3.28. The van der Waals surface area contributed by atoms with Gasteiger partial charge < -0.3 is 15.4 Å². The third kappa shape index (κ3) is 4.60. The minimum absolute atomic E-state index is 0.0842. The molecule has 0 aliphatic carbocycles. The van der Waals surface area contributed by atoms with Crippen molar-refractivity contribution in [1.29, 1.82) is 0 Å². The van der Waals surface area contributed by atoms with E-state index in [1.807, 2.05) is 49.4 Å². The Morgan fingerprint density at radius 3 is 2.64 bits per heavy atom. The Hall–Kier alpha value is -2.33. The van der Waals surface area contributed by atoms with Crippen LogP contribution in [0, 0.1) is 12.8 Å². The highest BCUT2D eigenvalue weighted by Gasteiger charge is 2.19. The molecular weight excluding hydrogens is 312 g/mol. The average Bonchev–Trinajstić information content (AvgIpc) is 2.63. The van der Waals surface area contributed by atoms with Crippen molar-refractivity contribution in [2.75, 3.05) is 23.8 Å². The molecule has 0 bridgehead atoms. The van der Waals surface area contributed by atoms with Gasteiger partial charge in [-0.05, 0) is 62.4 Å². The lowest BCUT2D eigenvalue weighted by molar-refractivity contribution is 0.00558. The van der Waals surface area contributed by atoms with Gasteiger partial charge in [0, 0.05) is 30.1 Å². The second-order valence-electron chi connectivity index (χ2n) is 6.75. The van der Waals surface area contributed by atoms with Gasteiger partial charge in [-0.1, -0.05) is 24.3 Å². The smallest absolute Gasteiger partial charge is 0.255 e. The zero-order chi connectivity index (χ0) is 17.6. The number of anilines is 2. The Labute approximate surface area is 149 Å². The molecule has 0 spiro atoms. The maximum Gasteiger partial charge on any atom is 0.255 e. The van der Waals surface area contributed by atoms with Gasteiger partial charge in [0.15, 0.2) is 0 Å². The van der Waals surface area contributed by atoms with Crippen LogP contribution in [0.3, 0.4) is 0 Å². The Bertz CT molecular complexity index is 715. The van der Waals surface area contributed by atoms with Gasteiger partial charge in [0.2, 0.25) is 0 Å². The lowest BCUT2D eigenvalue weighted by Crippen LogP contribution is -2.27. The molecule has 2 N–H and O–H groups in total. The van der Waals surface area contributed by atoms with E-state index in [0.29, 0.717) is 17.6 Å². The molecule has 1 aliphatic heterocycles. The van der Waals surface area contributed by atoms with Crippen LogP contribution in [-0.2, 0) is 4.74 Å². The largest absolute Gasteiger partial charge is 0.384 e. The fraction of sp³-hybridized carbons (Fsp3) is 0.381. The van der Waals surface area contributed by atoms with Gasteiger partial charge in [-0.15, -0.1) is 0 Å². The van der Waals surface area contributed by atoms with E-state index in [-0.39, 0.29) is 5.91 Å². The minimum Gasteiger partial charge on any atom is -0.384 e. The molecule has 132 valence electrons. The molecule has 2 unspecified atom stereocenters. The third-order valence-electron chi connectivity index (χ3n) is 4.79. The van der Waals surface area contributed by atoms with Crippen LogP contribution in [-0.4, -0.2) is 25.2 Å². The highest BCUT2D eigenvalue weighted by atomic mass is 16.5. The fourth-order valence-corrected chi connectivity index (χ4v) is 3.28. The van der Waals surface area contributed by atoms with Crippen LogP contribution in [0.15, 0.2) is 48.5 Å². The number of benzene rings is 2. The Morgan fingerprint density at radius 1 is 1.12 bits per heavy atom. The summed E-state index contributed by atoms with van der Waals surface area (Å²) in [6.07, 6.45) is 2.54. The lowest BCUT2D eigenvalue weighted by Gasteiger charge is -2.28. The molecule has 4 nitrogen and oxygen atoms in total. The van der Waals surface area contributed by atoms with Crippen LogP contribution in [0.1, 0.15) is 35.7 Å². The third-order valence-corrected chi connectivity index (χ3v) is 4.79. The van der Waals surface area contributed by atoms with Crippen molar-refractivity contribution in [1.82, 2.24) is 0 Å².